The molecule has 7 heteroatoms. The van der Waals surface area contributed by atoms with Gasteiger partial charge in [-0.3, -0.25) is 4.79 Å². The molecule has 0 aromatic carbocycles. The van der Waals surface area contributed by atoms with Gasteiger partial charge in [-0.2, -0.15) is 0 Å². The molecule has 21 heavy (non-hydrogen) atoms. The Balaban J connectivity index is 1.89. The number of ether oxygens (including phenoxy) is 1. The molecule has 0 saturated carbocycles. The van der Waals surface area contributed by atoms with Crippen molar-refractivity contribution in [3.8, 4) is 0 Å². The third-order valence-corrected chi connectivity index (χ3v) is 3.81. The van der Waals surface area contributed by atoms with Crippen LogP contribution in [-0.2, 0) is 4.74 Å². The fraction of sp³-hybridized carbons (Fsp3) is 0.643. The van der Waals surface area contributed by atoms with E-state index in [-0.39, 0.29) is 18.0 Å². The highest BCUT2D eigenvalue weighted by atomic mass is 32.1. The summed E-state index contributed by atoms with van der Waals surface area (Å²) < 4.78 is 5.37. The summed E-state index contributed by atoms with van der Waals surface area (Å²) >= 11 is 1.31. The summed E-state index contributed by atoms with van der Waals surface area (Å²) in [5, 5.41) is 5.14. The Bertz CT molecular complexity index is 496. The number of aromatic nitrogens is 1. The first-order chi connectivity index (χ1) is 9.85. The summed E-state index contributed by atoms with van der Waals surface area (Å²) in [5.41, 5.74) is -0.506. The molecule has 0 radical (unpaired) electrons. The van der Waals surface area contributed by atoms with Crippen LogP contribution < -0.4 is 5.32 Å². The van der Waals surface area contributed by atoms with E-state index in [9.17, 15) is 9.59 Å². The molecule has 2 amide bonds. The molecule has 0 aliphatic carbocycles. The van der Waals surface area contributed by atoms with Gasteiger partial charge in [0.1, 0.15) is 5.60 Å². The van der Waals surface area contributed by atoms with E-state index in [0.717, 1.165) is 12.8 Å². The van der Waals surface area contributed by atoms with Crippen LogP contribution in [0.3, 0.4) is 0 Å². The Hall–Kier alpha value is -1.63. The van der Waals surface area contributed by atoms with Crippen LogP contribution in [0.2, 0.25) is 0 Å². The summed E-state index contributed by atoms with van der Waals surface area (Å²) in [6, 6.07) is -0.0531. The van der Waals surface area contributed by atoms with Crippen molar-refractivity contribution in [1.82, 2.24) is 15.2 Å². The van der Waals surface area contributed by atoms with E-state index in [1.807, 2.05) is 20.8 Å². The van der Waals surface area contributed by atoms with Crippen molar-refractivity contribution in [3.63, 3.8) is 0 Å². The highest BCUT2D eigenvalue weighted by molar-refractivity contribution is 7.11. The lowest BCUT2D eigenvalue weighted by atomic mass is 10.1. The number of rotatable bonds is 2. The maximum Gasteiger partial charge on any atom is 0.410 e. The fourth-order valence-corrected chi connectivity index (χ4v) is 2.71. The molecular formula is C14H21N3O3S. The van der Waals surface area contributed by atoms with Crippen molar-refractivity contribution in [2.24, 2.45) is 0 Å². The topological polar surface area (TPSA) is 71.5 Å². The minimum Gasteiger partial charge on any atom is -0.444 e. The first-order valence-electron chi connectivity index (χ1n) is 7.03. The van der Waals surface area contributed by atoms with Crippen LogP contribution >= 0.6 is 11.3 Å². The Morgan fingerprint density at radius 3 is 2.86 bits per heavy atom. The predicted molar refractivity (Wildman–Crippen MR) is 80.4 cm³/mol. The molecule has 2 heterocycles. The van der Waals surface area contributed by atoms with Gasteiger partial charge in [0.15, 0.2) is 5.01 Å². The summed E-state index contributed by atoms with van der Waals surface area (Å²) in [7, 11) is 0. The van der Waals surface area contributed by atoms with Gasteiger partial charge in [-0.25, -0.2) is 9.78 Å². The van der Waals surface area contributed by atoms with E-state index < -0.39 is 5.60 Å². The first-order valence-corrected chi connectivity index (χ1v) is 7.91. The van der Waals surface area contributed by atoms with Crippen LogP contribution in [0.1, 0.15) is 43.4 Å². The lowest BCUT2D eigenvalue weighted by Gasteiger charge is -2.34. The monoisotopic (exact) mass is 311 g/mol. The SMILES string of the molecule is CC(C)(C)OC(=O)N1CCCC(NC(=O)c2nccs2)C1. The third-order valence-electron chi connectivity index (χ3n) is 3.03. The van der Waals surface area contributed by atoms with Crippen LogP contribution in [0.5, 0.6) is 0 Å². The first kappa shape index (κ1) is 15.8. The lowest BCUT2D eigenvalue weighted by Crippen LogP contribution is -2.50. The molecule has 1 aliphatic heterocycles. The number of carbonyl (C=O) groups excluding carboxylic acids is 2. The highest BCUT2D eigenvalue weighted by Gasteiger charge is 2.28. The summed E-state index contributed by atoms with van der Waals surface area (Å²) in [6.45, 7) is 6.67. The van der Waals surface area contributed by atoms with Gasteiger partial charge in [0.25, 0.3) is 5.91 Å². The zero-order valence-electron chi connectivity index (χ0n) is 12.6. The third kappa shape index (κ3) is 4.70. The van der Waals surface area contributed by atoms with Crippen molar-refractivity contribution in [2.45, 2.75) is 45.3 Å². The van der Waals surface area contributed by atoms with E-state index in [0.29, 0.717) is 18.1 Å². The maximum absolute atomic E-state index is 12.1. The van der Waals surface area contributed by atoms with Gasteiger partial charge in [-0.1, -0.05) is 0 Å². The number of piperidine rings is 1. The molecule has 0 spiro atoms. The van der Waals surface area contributed by atoms with E-state index in [2.05, 4.69) is 10.3 Å². The molecule has 1 unspecified atom stereocenters. The second kappa shape index (κ2) is 6.43. The van der Waals surface area contributed by atoms with Crippen LogP contribution in [-0.4, -0.2) is 46.6 Å². The molecule has 1 N–H and O–H groups in total. The number of hydrogen-bond donors (Lipinski definition) is 1. The molecule has 1 saturated heterocycles. The standard InChI is InChI=1S/C14H21N3O3S/c1-14(2,3)20-13(19)17-7-4-5-10(9-17)16-11(18)12-15-6-8-21-12/h6,8,10H,4-5,7,9H2,1-3H3,(H,16,18). The van der Waals surface area contributed by atoms with E-state index >= 15 is 0 Å². The number of nitrogens with one attached hydrogen (secondary N) is 1. The second-order valence-corrected chi connectivity index (χ2v) is 6.97. The number of carbonyl (C=O) groups is 2. The minimum atomic E-state index is -0.506. The largest absolute Gasteiger partial charge is 0.444 e. The number of nitrogens with zero attached hydrogens (tertiary/aromatic N) is 2. The van der Waals surface area contributed by atoms with E-state index in [1.165, 1.54) is 11.3 Å². The van der Waals surface area contributed by atoms with Gasteiger partial charge in [-0.05, 0) is 33.6 Å². The van der Waals surface area contributed by atoms with Gasteiger partial charge in [0.05, 0.1) is 0 Å². The molecule has 6 nitrogen and oxygen atoms in total. The molecule has 1 atom stereocenters. The van der Waals surface area contributed by atoms with Crippen molar-refractivity contribution in [2.75, 3.05) is 13.1 Å². The molecule has 2 rings (SSSR count). The van der Waals surface area contributed by atoms with Gasteiger partial charge in [0.2, 0.25) is 0 Å². The zero-order valence-corrected chi connectivity index (χ0v) is 13.4. The van der Waals surface area contributed by atoms with Crippen LogP contribution in [0.25, 0.3) is 0 Å². The molecule has 1 fully saturated rings. The minimum absolute atomic E-state index is 0.0531. The average Bonchev–Trinajstić information content (AvgIpc) is 2.91. The summed E-state index contributed by atoms with van der Waals surface area (Å²) in [5.74, 6) is -0.180. The number of likely N-dealkylation sites (tertiary alicyclic amines) is 1. The zero-order chi connectivity index (χ0) is 15.5. The van der Waals surface area contributed by atoms with Crippen molar-refractivity contribution in [3.05, 3.63) is 16.6 Å². The number of thiazole rings is 1. The average molecular weight is 311 g/mol. The number of hydrogen-bond acceptors (Lipinski definition) is 5. The van der Waals surface area contributed by atoms with E-state index in [4.69, 9.17) is 4.74 Å². The molecule has 1 aliphatic rings. The normalized spacial score (nSPS) is 19.2. The Morgan fingerprint density at radius 2 is 2.24 bits per heavy atom. The van der Waals surface area contributed by atoms with Crippen LogP contribution in [0.15, 0.2) is 11.6 Å². The predicted octanol–water partition coefficient (Wildman–Crippen LogP) is 2.27. The number of amides is 2. The Morgan fingerprint density at radius 1 is 1.48 bits per heavy atom. The van der Waals surface area contributed by atoms with Gasteiger partial charge in [-0.15, -0.1) is 11.3 Å². The second-order valence-electron chi connectivity index (χ2n) is 6.08. The smallest absolute Gasteiger partial charge is 0.410 e. The summed E-state index contributed by atoms with van der Waals surface area (Å²) in [4.78, 5) is 29.7. The van der Waals surface area contributed by atoms with Gasteiger partial charge in [0, 0.05) is 30.7 Å². The van der Waals surface area contributed by atoms with Crippen LogP contribution in [0.4, 0.5) is 4.79 Å². The van der Waals surface area contributed by atoms with Crippen molar-refractivity contribution < 1.29 is 14.3 Å². The van der Waals surface area contributed by atoms with E-state index in [1.54, 1.807) is 16.5 Å². The Kier molecular flexibility index (Phi) is 4.82. The fourth-order valence-electron chi connectivity index (χ4n) is 2.17. The molecular weight excluding hydrogens is 290 g/mol. The molecule has 116 valence electrons. The molecule has 0 bridgehead atoms. The van der Waals surface area contributed by atoms with Gasteiger partial charge < -0.3 is 15.0 Å². The summed E-state index contributed by atoms with van der Waals surface area (Å²) in [6.07, 6.45) is 2.99. The maximum atomic E-state index is 12.1. The van der Waals surface area contributed by atoms with Crippen LogP contribution in [0, 0.1) is 0 Å². The lowest BCUT2D eigenvalue weighted by molar-refractivity contribution is 0.0185. The Labute approximate surface area is 128 Å². The van der Waals surface area contributed by atoms with Crippen molar-refractivity contribution >= 4 is 23.3 Å². The highest BCUT2D eigenvalue weighted by Crippen LogP contribution is 2.16. The van der Waals surface area contributed by atoms with Gasteiger partial charge >= 0.3 is 6.09 Å². The molecule has 1 aromatic rings. The molecule has 1 aromatic heterocycles. The van der Waals surface area contributed by atoms with Crippen molar-refractivity contribution in [1.29, 1.82) is 0 Å². The quantitative estimate of drug-likeness (QED) is 0.909.